The summed E-state index contributed by atoms with van der Waals surface area (Å²) in [5, 5.41) is 3.60. The monoisotopic (exact) mass is 458 g/mol. The first-order valence-electron chi connectivity index (χ1n) is 8.57. The zero-order chi connectivity index (χ0) is 21.8. The fourth-order valence-corrected chi connectivity index (χ4v) is 3.71. The van der Waals surface area contributed by atoms with Crippen molar-refractivity contribution in [2.45, 2.75) is 19.4 Å². The Morgan fingerprint density at radius 1 is 1.20 bits per heavy atom. The molecule has 2 aromatic heterocycles. The summed E-state index contributed by atoms with van der Waals surface area (Å²) in [6.07, 6.45) is -3.01. The van der Waals surface area contributed by atoms with E-state index in [0.29, 0.717) is 32.2 Å². The van der Waals surface area contributed by atoms with Crippen molar-refractivity contribution in [3.8, 4) is 5.75 Å². The summed E-state index contributed by atoms with van der Waals surface area (Å²) in [6, 6.07) is 8.82. The second-order valence-electron chi connectivity index (χ2n) is 6.13. The number of ketones is 1. The van der Waals surface area contributed by atoms with Gasteiger partial charge < -0.3 is 4.74 Å². The summed E-state index contributed by atoms with van der Waals surface area (Å²) in [5.41, 5.74) is -0.294. The van der Waals surface area contributed by atoms with E-state index in [1.807, 2.05) is 0 Å². The van der Waals surface area contributed by atoms with Crippen LogP contribution < -0.4 is 4.74 Å². The number of benzene rings is 1. The largest absolute Gasteiger partial charge is 0.496 e. The highest BCUT2D eigenvalue weighted by atomic mass is 35.5. The molecule has 0 N–H and O–H groups in total. The van der Waals surface area contributed by atoms with Crippen LogP contribution in [0, 0.1) is 0 Å². The van der Waals surface area contributed by atoms with Gasteiger partial charge in [-0.2, -0.15) is 5.10 Å². The summed E-state index contributed by atoms with van der Waals surface area (Å²) in [4.78, 5) is 12.7. The molecule has 10 heteroatoms. The number of carbonyl (C=O) groups is 1. The van der Waals surface area contributed by atoms with Crippen LogP contribution in [0.5, 0.6) is 5.75 Å². The lowest BCUT2D eigenvalue weighted by Crippen LogP contribution is -2.08. The molecule has 0 unspecified atom stereocenters. The Balaban J connectivity index is 1.88. The van der Waals surface area contributed by atoms with Crippen LogP contribution in [0.4, 0.5) is 17.6 Å². The highest BCUT2D eigenvalue weighted by Crippen LogP contribution is 2.28. The number of allylic oxidation sites excluding steroid dienone is 1. The molecule has 0 saturated carbocycles. The number of rotatable bonds is 8. The predicted molar refractivity (Wildman–Crippen MR) is 107 cm³/mol. The first-order valence-corrected chi connectivity index (χ1v) is 9.76. The molecule has 0 aliphatic rings. The molecule has 3 aromatic rings. The van der Waals surface area contributed by atoms with Crippen molar-refractivity contribution in [3.05, 3.63) is 74.2 Å². The van der Waals surface area contributed by atoms with Crippen LogP contribution in [-0.4, -0.2) is 22.7 Å². The van der Waals surface area contributed by atoms with E-state index in [4.69, 9.17) is 16.3 Å². The molecule has 4 nitrogen and oxygen atoms in total. The van der Waals surface area contributed by atoms with Gasteiger partial charge in [-0.3, -0.25) is 9.48 Å². The Kier molecular flexibility index (Phi) is 6.94. The molecule has 0 atom stereocenters. The van der Waals surface area contributed by atoms with Crippen LogP contribution >= 0.6 is 22.9 Å². The first kappa shape index (κ1) is 22.0. The molecule has 0 aliphatic carbocycles. The Labute approximate surface area is 178 Å². The van der Waals surface area contributed by atoms with Gasteiger partial charge in [0.25, 0.3) is 12.9 Å². The predicted octanol–water partition coefficient (Wildman–Crippen LogP) is 6.43. The number of alkyl halides is 4. The van der Waals surface area contributed by atoms with Crippen LogP contribution in [0.15, 0.2) is 42.5 Å². The van der Waals surface area contributed by atoms with Crippen LogP contribution in [0.2, 0.25) is 4.34 Å². The molecule has 0 fully saturated rings. The highest BCUT2D eigenvalue weighted by Gasteiger charge is 2.22. The summed E-state index contributed by atoms with van der Waals surface area (Å²) >= 11 is 6.98. The minimum absolute atomic E-state index is 0.203. The van der Waals surface area contributed by atoms with E-state index in [2.05, 4.69) is 5.10 Å². The highest BCUT2D eigenvalue weighted by molar-refractivity contribution is 7.18. The molecule has 0 bridgehead atoms. The third-order valence-electron chi connectivity index (χ3n) is 4.14. The zero-order valence-corrected chi connectivity index (χ0v) is 17.1. The average Bonchev–Trinajstić information content (AvgIpc) is 3.33. The molecule has 1 aromatic carbocycles. The van der Waals surface area contributed by atoms with Crippen LogP contribution in [0.1, 0.15) is 45.0 Å². The summed E-state index contributed by atoms with van der Waals surface area (Å²) < 4.78 is 58.9. The van der Waals surface area contributed by atoms with Crippen molar-refractivity contribution < 1.29 is 27.1 Å². The minimum atomic E-state index is -2.96. The number of halogens is 5. The SMILES string of the molecule is COc1ccc(/C=C/C(=O)c2ccc(Cl)s2)cc1Cn1nc(C(F)F)cc1C(F)F. The summed E-state index contributed by atoms with van der Waals surface area (Å²) in [7, 11) is 1.40. The van der Waals surface area contributed by atoms with Gasteiger partial charge in [-0.05, 0) is 42.0 Å². The van der Waals surface area contributed by atoms with Gasteiger partial charge in [-0.25, -0.2) is 17.6 Å². The number of hydrogen-bond acceptors (Lipinski definition) is 4. The minimum Gasteiger partial charge on any atom is -0.496 e. The quantitative estimate of drug-likeness (QED) is 0.222. The smallest absolute Gasteiger partial charge is 0.282 e. The topological polar surface area (TPSA) is 44.1 Å². The lowest BCUT2D eigenvalue weighted by molar-refractivity contribution is 0.105. The number of methoxy groups -OCH3 is 1. The van der Waals surface area contributed by atoms with Crippen molar-refractivity contribution in [2.24, 2.45) is 0 Å². The molecule has 30 heavy (non-hydrogen) atoms. The van der Waals surface area contributed by atoms with Crippen molar-refractivity contribution in [1.29, 1.82) is 0 Å². The van der Waals surface area contributed by atoms with Gasteiger partial charge in [0.05, 0.1) is 22.9 Å². The number of ether oxygens (including phenoxy) is 1. The molecule has 0 saturated heterocycles. The van der Waals surface area contributed by atoms with Crippen molar-refractivity contribution >= 4 is 34.8 Å². The molecule has 3 rings (SSSR count). The second kappa shape index (κ2) is 9.44. The molecule has 158 valence electrons. The number of hydrogen-bond donors (Lipinski definition) is 0. The van der Waals surface area contributed by atoms with Crippen molar-refractivity contribution in [2.75, 3.05) is 7.11 Å². The Hall–Kier alpha value is -2.65. The maximum absolute atomic E-state index is 13.2. The number of carbonyl (C=O) groups excluding carboxylic acids is 1. The number of thiophene rings is 1. The van der Waals surface area contributed by atoms with E-state index in [1.54, 1.807) is 36.4 Å². The Morgan fingerprint density at radius 2 is 1.97 bits per heavy atom. The molecule has 0 spiro atoms. The zero-order valence-electron chi connectivity index (χ0n) is 15.5. The number of aromatic nitrogens is 2. The molecular weight excluding hydrogens is 444 g/mol. The van der Waals surface area contributed by atoms with Gasteiger partial charge in [0, 0.05) is 5.56 Å². The summed E-state index contributed by atoms with van der Waals surface area (Å²) in [5.74, 6) is 0.135. The third kappa shape index (κ3) is 5.09. The van der Waals surface area contributed by atoms with Crippen molar-refractivity contribution in [3.63, 3.8) is 0 Å². The van der Waals surface area contributed by atoms with Gasteiger partial charge in [-0.15, -0.1) is 11.3 Å². The van der Waals surface area contributed by atoms with Gasteiger partial charge in [0.1, 0.15) is 17.1 Å². The average molecular weight is 459 g/mol. The maximum Gasteiger partial charge on any atom is 0.282 e. The van der Waals surface area contributed by atoms with E-state index in [-0.39, 0.29) is 12.3 Å². The normalized spacial score (nSPS) is 11.7. The van der Waals surface area contributed by atoms with E-state index in [0.717, 1.165) is 16.0 Å². The molecule has 0 radical (unpaired) electrons. The molecular formula is C20H15ClF4N2O2S. The lowest BCUT2D eigenvalue weighted by atomic mass is 10.1. The molecule has 0 amide bonds. The lowest BCUT2D eigenvalue weighted by Gasteiger charge is -2.12. The molecule has 2 heterocycles. The third-order valence-corrected chi connectivity index (χ3v) is 5.39. The van der Waals surface area contributed by atoms with Crippen molar-refractivity contribution in [1.82, 2.24) is 9.78 Å². The maximum atomic E-state index is 13.2. The van der Waals surface area contributed by atoms with Gasteiger partial charge >= 0.3 is 0 Å². The van der Waals surface area contributed by atoms with E-state index >= 15 is 0 Å². The van der Waals surface area contributed by atoms with E-state index in [9.17, 15) is 22.4 Å². The summed E-state index contributed by atoms with van der Waals surface area (Å²) in [6.45, 7) is -0.203. The fourth-order valence-electron chi connectivity index (χ4n) is 2.75. The van der Waals surface area contributed by atoms with Crippen LogP contribution in [0.3, 0.4) is 0 Å². The molecule has 0 aliphatic heterocycles. The van der Waals surface area contributed by atoms with Gasteiger partial charge in [0.15, 0.2) is 5.78 Å². The van der Waals surface area contributed by atoms with E-state index < -0.39 is 24.2 Å². The van der Waals surface area contributed by atoms with E-state index in [1.165, 1.54) is 13.2 Å². The van der Waals surface area contributed by atoms with Crippen LogP contribution in [-0.2, 0) is 6.54 Å². The fraction of sp³-hybridized carbons (Fsp3) is 0.200. The second-order valence-corrected chi connectivity index (χ2v) is 7.84. The number of nitrogens with zero attached hydrogens (tertiary/aromatic N) is 2. The first-order chi connectivity index (χ1) is 14.3. The van der Waals surface area contributed by atoms with Crippen LogP contribution in [0.25, 0.3) is 6.08 Å². The van der Waals surface area contributed by atoms with Gasteiger partial charge in [0.2, 0.25) is 0 Å². The Bertz CT molecular complexity index is 1080. The Morgan fingerprint density at radius 3 is 2.57 bits per heavy atom. The standard InChI is InChI=1S/C20H15ClF4N2O2S/c1-29-16-5-3-11(2-4-15(28)17-6-7-18(21)30-17)8-12(16)10-27-14(20(24)25)9-13(26-27)19(22)23/h2-9,19-20H,10H2,1H3/b4-2+. The van der Waals surface area contributed by atoms with Gasteiger partial charge in [-0.1, -0.05) is 23.7 Å².